The second-order valence-electron chi connectivity index (χ2n) is 21.3. The molecule has 3 atom stereocenters. The molecule has 2 heterocycles. The Hall–Kier alpha value is -0.900. The first kappa shape index (κ1) is 55.7. The fourth-order valence-corrected chi connectivity index (χ4v) is 10.5. The number of rotatable bonds is 19. The number of aliphatic hydroxyl groups excluding tert-OH is 2. The van der Waals surface area contributed by atoms with Gasteiger partial charge in [0.15, 0.2) is 0 Å². The number of ether oxygens (including phenoxy) is 2. The second-order valence-corrected chi connectivity index (χ2v) is 21.3. The number of nitrogens with zero attached hydrogens (tertiary/aromatic N) is 6. The van der Waals surface area contributed by atoms with Crippen LogP contribution in [-0.2, 0) is 9.47 Å². The van der Waals surface area contributed by atoms with E-state index in [-0.39, 0.29) is 12.0 Å². The molecule has 376 valence electrons. The highest BCUT2D eigenvalue weighted by molar-refractivity contribution is 5.20. The van der Waals surface area contributed by atoms with Crippen molar-refractivity contribution in [2.75, 3.05) is 159 Å². The van der Waals surface area contributed by atoms with Crippen LogP contribution in [0.3, 0.4) is 0 Å². The van der Waals surface area contributed by atoms with Gasteiger partial charge in [-0.3, -0.25) is 0 Å². The summed E-state index contributed by atoms with van der Waals surface area (Å²) in [6.45, 7) is 26.6. The van der Waals surface area contributed by atoms with Crippen molar-refractivity contribution in [3.05, 3.63) is 11.3 Å². The molecule has 64 heavy (non-hydrogen) atoms. The van der Waals surface area contributed by atoms with Crippen LogP contribution in [0, 0.1) is 17.8 Å². The third kappa shape index (κ3) is 23.9. The molecule has 3 unspecified atom stereocenters. The third-order valence-electron chi connectivity index (χ3n) is 15.1. The van der Waals surface area contributed by atoms with Gasteiger partial charge in [-0.05, 0) is 227 Å². The highest BCUT2D eigenvalue weighted by atomic mass is 16.5. The van der Waals surface area contributed by atoms with E-state index in [1.165, 1.54) is 71.1 Å². The molecule has 0 aromatic carbocycles. The number of unbranched alkanes of at least 4 members (excludes halogenated alkanes) is 2. The molecular formula is C52H104N8O4. The van der Waals surface area contributed by atoms with Gasteiger partial charge in [0.05, 0.1) is 24.1 Å². The van der Waals surface area contributed by atoms with Crippen molar-refractivity contribution in [1.82, 2.24) is 40.0 Å². The first-order chi connectivity index (χ1) is 31.1. The van der Waals surface area contributed by atoms with Crippen LogP contribution in [0.4, 0.5) is 0 Å². The Bertz CT molecular complexity index is 1190. The quantitative estimate of drug-likeness (QED) is 0.108. The molecule has 2 aliphatic carbocycles. The molecular weight excluding hydrogens is 801 g/mol. The minimum absolute atomic E-state index is 0.0231. The first-order valence-electron chi connectivity index (χ1n) is 27.0. The van der Waals surface area contributed by atoms with Crippen LogP contribution in [-0.4, -0.2) is 217 Å². The predicted molar refractivity (Wildman–Crippen MR) is 269 cm³/mol. The van der Waals surface area contributed by atoms with Crippen molar-refractivity contribution >= 4 is 0 Å². The normalized spacial score (nSPS) is 27.7. The van der Waals surface area contributed by atoms with Gasteiger partial charge in [0, 0.05) is 71.5 Å². The molecule has 12 nitrogen and oxygen atoms in total. The van der Waals surface area contributed by atoms with Crippen LogP contribution < -0.4 is 10.6 Å². The zero-order chi connectivity index (χ0) is 45.8. The number of nitrogens with one attached hydrogen (secondary N) is 2. The van der Waals surface area contributed by atoms with E-state index in [1.54, 1.807) is 0 Å². The van der Waals surface area contributed by atoms with E-state index in [9.17, 15) is 10.2 Å². The highest BCUT2D eigenvalue weighted by Gasteiger charge is 2.35. The highest BCUT2D eigenvalue weighted by Crippen LogP contribution is 2.38. The lowest BCUT2D eigenvalue weighted by molar-refractivity contribution is 0.00797. The third-order valence-corrected chi connectivity index (χ3v) is 15.1. The lowest BCUT2D eigenvalue weighted by atomic mass is 9.78. The maximum atomic E-state index is 11.7. The summed E-state index contributed by atoms with van der Waals surface area (Å²) in [5.41, 5.74) is 1.07. The molecule has 0 aromatic heterocycles. The van der Waals surface area contributed by atoms with E-state index in [4.69, 9.17) is 9.47 Å². The summed E-state index contributed by atoms with van der Waals surface area (Å²) in [7, 11) is 9.05. The summed E-state index contributed by atoms with van der Waals surface area (Å²) in [4.78, 5) is 15.3. The van der Waals surface area contributed by atoms with Gasteiger partial charge in [0.25, 0.3) is 0 Å². The summed E-state index contributed by atoms with van der Waals surface area (Å²) >= 11 is 0. The Kier molecular flexibility index (Phi) is 29.2. The summed E-state index contributed by atoms with van der Waals surface area (Å²) in [6, 6.07) is 0. The number of hydrogen-bond donors (Lipinski definition) is 4. The molecule has 0 bridgehead atoms. The summed E-state index contributed by atoms with van der Waals surface area (Å²) in [5.74, 6) is 1.50. The van der Waals surface area contributed by atoms with Gasteiger partial charge in [-0.2, -0.15) is 0 Å². The fraction of sp³-hybridized carbons (Fsp3) is 0.962. The van der Waals surface area contributed by atoms with Crippen LogP contribution in [0.15, 0.2) is 11.3 Å². The van der Waals surface area contributed by atoms with Gasteiger partial charge in [-0.15, -0.1) is 0 Å². The van der Waals surface area contributed by atoms with Crippen molar-refractivity contribution in [3.63, 3.8) is 0 Å². The molecule has 3 fully saturated rings. The lowest BCUT2D eigenvalue weighted by Gasteiger charge is -2.35. The van der Waals surface area contributed by atoms with Crippen molar-refractivity contribution in [3.8, 4) is 0 Å². The molecule has 12 heteroatoms. The van der Waals surface area contributed by atoms with Crippen molar-refractivity contribution in [2.45, 2.75) is 148 Å². The monoisotopic (exact) mass is 905 g/mol. The minimum Gasteiger partial charge on any atom is -0.512 e. The smallest absolute Gasteiger partial charge is 0.0997 e. The summed E-state index contributed by atoms with van der Waals surface area (Å²) in [5, 5.41) is 30.5. The average Bonchev–Trinajstić information content (AvgIpc) is 3.27. The maximum absolute atomic E-state index is 11.7. The SMILES string of the molecule is CC(C)CCC1=C(O)C(C(O)CCC2CCC(OCCCCN3CCCN(C)CCNCCCN(C)CC3)CC2)CCC1OCCCCN1CCCN(C)CCNCCCN(C)CC1. The Morgan fingerprint density at radius 1 is 0.562 bits per heavy atom. The topological polar surface area (TPSA) is 102 Å². The average molecular weight is 905 g/mol. The van der Waals surface area contributed by atoms with Crippen LogP contribution in [0.1, 0.15) is 129 Å². The second kappa shape index (κ2) is 33.6. The Morgan fingerprint density at radius 2 is 1.09 bits per heavy atom. The molecule has 4 rings (SSSR count). The van der Waals surface area contributed by atoms with E-state index < -0.39 is 6.10 Å². The van der Waals surface area contributed by atoms with Crippen LogP contribution >= 0.6 is 0 Å². The zero-order valence-electron chi connectivity index (χ0n) is 42.7. The van der Waals surface area contributed by atoms with E-state index >= 15 is 0 Å². The molecule has 4 aliphatic rings. The van der Waals surface area contributed by atoms with E-state index in [1.807, 2.05) is 0 Å². The van der Waals surface area contributed by atoms with Gasteiger partial charge >= 0.3 is 0 Å². The number of hydrogen-bond acceptors (Lipinski definition) is 12. The van der Waals surface area contributed by atoms with Gasteiger partial charge in [-0.25, -0.2) is 0 Å². The standard InChI is InChI=1S/C52H104N8O4/c1-45(2)15-21-49-51(64-44-10-8-34-60-36-14-32-56(4)38-28-54-26-12-30-58(6)40-42-60)24-22-48(52(49)62)50(61)23-18-46-16-19-47(20-17-46)63-43-9-7-33-59-35-13-31-55(3)37-27-53-25-11-29-57(5)39-41-59/h45-48,50-51,53-54,61-62H,7-44H2,1-6H3. The molecule has 0 amide bonds. The Labute approximate surface area is 394 Å². The van der Waals surface area contributed by atoms with E-state index in [2.05, 4.69) is 82.1 Å². The lowest BCUT2D eigenvalue weighted by Crippen LogP contribution is -2.38. The van der Waals surface area contributed by atoms with Crippen molar-refractivity contribution in [1.29, 1.82) is 0 Å². The zero-order valence-corrected chi connectivity index (χ0v) is 42.7. The largest absolute Gasteiger partial charge is 0.512 e. The van der Waals surface area contributed by atoms with Crippen molar-refractivity contribution in [2.24, 2.45) is 17.8 Å². The molecule has 0 spiro atoms. The molecule has 0 radical (unpaired) electrons. The van der Waals surface area contributed by atoms with Gasteiger partial charge < -0.3 is 59.7 Å². The van der Waals surface area contributed by atoms with E-state index in [0.29, 0.717) is 23.7 Å². The molecule has 1 saturated carbocycles. The number of likely N-dealkylation sites (N-methyl/N-ethyl adjacent to an activating group) is 4. The molecule has 0 aromatic rings. The first-order valence-corrected chi connectivity index (χ1v) is 27.0. The fourth-order valence-electron chi connectivity index (χ4n) is 10.5. The van der Waals surface area contributed by atoms with Crippen LogP contribution in [0.2, 0.25) is 0 Å². The molecule has 4 N–H and O–H groups in total. The van der Waals surface area contributed by atoms with Crippen LogP contribution in [0.5, 0.6) is 0 Å². The van der Waals surface area contributed by atoms with Crippen molar-refractivity contribution < 1.29 is 19.7 Å². The van der Waals surface area contributed by atoms with Gasteiger partial charge in [0.1, 0.15) is 0 Å². The minimum atomic E-state index is -0.489. The Balaban J connectivity index is 1.13. The van der Waals surface area contributed by atoms with Crippen LogP contribution in [0.25, 0.3) is 0 Å². The van der Waals surface area contributed by atoms with Gasteiger partial charge in [0.2, 0.25) is 0 Å². The summed E-state index contributed by atoms with van der Waals surface area (Å²) < 4.78 is 13.0. The van der Waals surface area contributed by atoms with E-state index in [0.717, 1.165) is 181 Å². The molecule has 2 aliphatic heterocycles. The van der Waals surface area contributed by atoms with Gasteiger partial charge in [-0.1, -0.05) is 13.8 Å². The number of aliphatic hydroxyl groups is 2. The summed E-state index contributed by atoms with van der Waals surface area (Å²) in [6.07, 6.45) is 19.3. The predicted octanol–water partition coefficient (Wildman–Crippen LogP) is 6.40. The Morgan fingerprint density at radius 3 is 1.66 bits per heavy atom. The molecule has 2 saturated heterocycles. The maximum Gasteiger partial charge on any atom is 0.0997 e.